The van der Waals surface area contributed by atoms with Crippen molar-refractivity contribution in [2.24, 2.45) is 5.92 Å². The van der Waals surface area contributed by atoms with Gasteiger partial charge in [-0.25, -0.2) is 0 Å². The Kier molecular flexibility index (Phi) is 4.59. The summed E-state index contributed by atoms with van der Waals surface area (Å²) in [7, 11) is 1.87. The summed E-state index contributed by atoms with van der Waals surface area (Å²) in [5, 5.41) is 9.49. The zero-order valence-corrected chi connectivity index (χ0v) is 11.8. The van der Waals surface area contributed by atoms with Gasteiger partial charge in [0.05, 0.1) is 6.10 Å². The fraction of sp³-hybridized carbons (Fsp3) is 0.562. The molecule has 1 amide bonds. The van der Waals surface area contributed by atoms with Gasteiger partial charge in [-0.2, -0.15) is 0 Å². The summed E-state index contributed by atoms with van der Waals surface area (Å²) in [6.45, 7) is 2.75. The van der Waals surface area contributed by atoms with Crippen LogP contribution in [0.15, 0.2) is 24.3 Å². The third kappa shape index (κ3) is 3.57. The maximum Gasteiger partial charge on any atom is 0.225 e. The smallest absolute Gasteiger partial charge is 0.225 e. The van der Waals surface area contributed by atoms with Gasteiger partial charge in [0.1, 0.15) is 0 Å². The van der Waals surface area contributed by atoms with Crippen LogP contribution in [0.1, 0.15) is 36.8 Å². The van der Waals surface area contributed by atoms with E-state index in [2.05, 4.69) is 19.1 Å². The first-order chi connectivity index (χ1) is 9.08. The van der Waals surface area contributed by atoms with Gasteiger partial charge in [0, 0.05) is 19.5 Å². The predicted octanol–water partition coefficient (Wildman–Crippen LogP) is 2.50. The fourth-order valence-electron chi connectivity index (χ4n) is 2.76. The zero-order chi connectivity index (χ0) is 13.8. The number of benzene rings is 1. The Hall–Kier alpha value is -1.35. The highest BCUT2D eigenvalue weighted by Gasteiger charge is 2.27. The molecule has 2 rings (SSSR count). The highest BCUT2D eigenvalue weighted by Crippen LogP contribution is 2.26. The minimum absolute atomic E-state index is 0.0948. The highest BCUT2D eigenvalue weighted by atomic mass is 16.3. The Labute approximate surface area is 115 Å². The van der Waals surface area contributed by atoms with E-state index in [-0.39, 0.29) is 17.9 Å². The van der Waals surface area contributed by atoms with Gasteiger partial charge in [0.2, 0.25) is 5.91 Å². The standard InChI is InChI=1S/C16H23NO2/c1-12-5-3-4-6-14(12)11-17(2)16(19)13-7-9-15(18)10-8-13/h3-6,13,15,18H,7-11H2,1-2H3. The van der Waals surface area contributed by atoms with Crippen LogP contribution in [0.3, 0.4) is 0 Å². The average Bonchev–Trinajstić information content (AvgIpc) is 2.41. The molecule has 0 aliphatic heterocycles. The Bertz CT molecular complexity index is 436. The number of rotatable bonds is 3. The van der Waals surface area contributed by atoms with Crippen molar-refractivity contribution >= 4 is 5.91 Å². The van der Waals surface area contributed by atoms with Crippen LogP contribution in [-0.4, -0.2) is 29.1 Å². The average molecular weight is 261 g/mol. The summed E-state index contributed by atoms with van der Waals surface area (Å²) in [4.78, 5) is 14.2. The van der Waals surface area contributed by atoms with Crippen LogP contribution in [-0.2, 0) is 11.3 Å². The fourth-order valence-corrected chi connectivity index (χ4v) is 2.76. The van der Waals surface area contributed by atoms with Crippen LogP contribution in [0, 0.1) is 12.8 Å². The van der Waals surface area contributed by atoms with Gasteiger partial charge in [-0.3, -0.25) is 4.79 Å². The van der Waals surface area contributed by atoms with E-state index < -0.39 is 0 Å². The molecule has 104 valence electrons. The second-order valence-corrected chi connectivity index (χ2v) is 5.63. The molecule has 0 bridgehead atoms. The lowest BCUT2D eigenvalue weighted by atomic mass is 9.86. The van der Waals surface area contributed by atoms with Crippen LogP contribution in [0.4, 0.5) is 0 Å². The quantitative estimate of drug-likeness (QED) is 0.908. The highest BCUT2D eigenvalue weighted by molar-refractivity contribution is 5.78. The third-order valence-corrected chi connectivity index (χ3v) is 4.09. The Balaban J connectivity index is 1.94. The summed E-state index contributed by atoms with van der Waals surface area (Å²) >= 11 is 0. The first-order valence-electron chi connectivity index (χ1n) is 7.05. The molecule has 0 spiro atoms. The molecule has 1 N–H and O–H groups in total. The van der Waals surface area contributed by atoms with Gasteiger partial charge >= 0.3 is 0 Å². The number of hydrogen-bond acceptors (Lipinski definition) is 2. The molecule has 1 aromatic carbocycles. The zero-order valence-electron chi connectivity index (χ0n) is 11.8. The van der Waals surface area contributed by atoms with E-state index >= 15 is 0 Å². The first-order valence-corrected chi connectivity index (χ1v) is 7.05. The molecule has 1 aliphatic carbocycles. The first kappa shape index (κ1) is 14.1. The second kappa shape index (κ2) is 6.20. The van der Waals surface area contributed by atoms with Gasteiger partial charge in [-0.1, -0.05) is 24.3 Å². The van der Waals surface area contributed by atoms with Crippen LogP contribution in [0.5, 0.6) is 0 Å². The van der Waals surface area contributed by atoms with Crippen LogP contribution in [0.25, 0.3) is 0 Å². The SMILES string of the molecule is Cc1ccccc1CN(C)C(=O)C1CCC(O)CC1. The Morgan fingerprint density at radius 1 is 1.26 bits per heavy atom. The van der Waals surface area contributed by atoms with Gasteiger partial charge in [-0.05, 0) is 43.7 Å². The largest absolute Gasteiger partial charge is 0.393 e. The van der Waals surface area contributed by atoms with Crippen molar-refractivity contribution in [2.75, 3.05) is 7.05 Å². The molecular formula is C16H23NO2. The number of aryl methyl sites for hydroxylation is 1. The van der Waals surface area contributed by atoms with E-state index in [4.69, 9.17) is 0 Å². The van der Waals surface area contributed by atoms with Crippen LogP contribution < -0.4 is 0 Å². The molecule has 0 heterocycles. The van der Waals surface area contributed by atoms with E-state index in [0.29, 0.717) is 6.54 Å². The van der Waals surface area contributed by atoms with Gasteiger partial charge in [-0.15, -0.1) is 0 Å². The number of aliphatic hydroxyl groups is 1. The topological polar surface area (TPSA) is 40.5 Å². The number of carbonyl (C=O) groups is 1. The normalized spacial score (nSPS) is 23.1. The summed E-state index contributed by atoms with van der Waals surface area (Å²) in [6.07, 6.45) is 2.95. The van der Waals surface area contributed by atoms with Crippen molar-refractivity contribution in [3.8, 4) is 0 Å². The lowest BCUT2D eigenvalue weighted by Gasteiger charge is -2.28. The van der Waals surface area contributed by atoms with Crippen molar-refractivity contribution in [2.45, 2.75) is 45.3 Å². The third-order valence-electron chi connectivity index (χ3n) is 4.09. The van der Waals surface area contributed by atoms with Crippen molar-refractivity contribution in [3.05, 3.63) is 35.4 Å². The van der Waals surface area contributed by atoms with Crippen LogP contribution >= 0.6 is 0 Å². The summed E-state index contributed by atoms with van der Waals surface area (Å²) in [6, 6.07) is 8.18. The van der Waals surface area contributed by atoms with Gasteiger partial charge in [0.25, 0.3) is 0 Å². The number of aliphatic hydroxyl groups excluding tert-OH is 1. The molecule has 0 unspecified atom stereocenters. The Morgan fingerprint density at radius 2 is 1.89 bits per heavy atom. The monoisotopic (exact) mass is 261 g/mol. The van der Waals surface area contributed by atoms with Gasteiger partial charge in [0.15, 0.2) is 0 Å². The molecule has 0 aromatic heterocycles. The molecule has 19 heavy (non-hydrogen) atoms. The van der Waals surface area contributed by atoms with Crippen molar-refractivity contribution in [1.29, 1.82) is 0 Å². The number of nitrogens with zero attached hydrogens (tertiary/aromatic N) is 1. The molecule has 0 atom stereocenters. The van der Waals surface area contributed by atoms with Crippen molar-refractivity contribution < 1.29 is 9.90 Å². The maximum atomic E-state index is 12.4. The lowest BCUT2D eigenvalue weighted by Crippen LogP contribution is -2.35. The second-order valence-electron chi connectivity index (χ2n) is 5.63. The van der Waals surface area contributed by atoms with E-state index in [1.165, 1.54) is 11.1 Å². The lowest BCUT2D eigenvalue weighted by molar-refractivity contribution is -0.136. The summed E-state index contributed by atoms with van der Waals surface area (Å²) in [5.41, 5.74) is 2.43. The Morgan fingerprint density at radius 3 is 2.53 bits per heavy atom. The predicted molar refractivity (Wildman–Crippen MR) is 75.6 cm³/mol. The summed E-state index contributed by atoms with van der Waals surface area (Å²) in [5.74, 6) is 0.313. The van der Waals surface area contributed by atoms with Crippen molar-refractivity contribution in [3.63, 3.8) is 0 Å². The number of amides is 1. The molecule has 0 radical (unpaired) electrons. The van der Waals surface area contributed by atoms with Crippen LogP contribution in [0.2, 0.25) is 0 Å². The van der Waals surface area contributed by atoms with E-state index in [9.17, 15) is 9.90 Å². The minimum atomic E-state index is -0.203. The number of carbonyl (C=O) groups excluding carboxylic acids is 1. The molecule has 1 aromatic rings. The minimum Gasteiger partial charge on any atom is -0.393 e. The van der Waals surface area contributed by atoms with E-state index in [0.717, 1.165) is 25.7 Å². The molecular weight excluding hydrogens is 238 g/mol. The van der Waals surface area contributed by atoms with Crippen molar-refractivity contribution in [1.82, 2.24) is 4.90 Å². The molecule has 3 nitrogen and oxygen atoms in total. The van der Waals surface area contributed by atoms with E-state index in [1.54, 1.807) is 0 Å². The van der Waals surface area contributed by atoms with E-state index in [1.807, 2.05) is 24.1 Å². The molecule has 1 aliphatic rings. The molecule has 0 saturated heterocycles. The number of hydrogen-bond donors (Lipinski definition) is 1. The van der Waals surface area contributed by atoms with Gasteiger partial charge < -0.3 is 10.0 Å². The maximum absolute atomic E-state index is 12.4. The molecule has 1 fully saturated rings. The molecule has 1 saturated carbocycles. The molecule has 3 heteroatoms. The summed E-state index contributed by atoms with van der Waals surface area (Å²) < 4.78 is 0.